The molecular formula is C23H29FNO. The molecule has 3 rings (SSSR count). The van der Waals surface area contributed by atoms with E-state index < -0.39 is 0 Å². The molecule has 0 spiro atoms. The summed E-state index contributed by atoms with van der Waals surface area (Å²) in [6.45, 7) is 5.05. The fourth-order valence-corrected chi connectivity index (χ4v) is 3.64. The van der Waals surface area contributed by atoms with Crippen molar-refractivity contribution in [2.45, 2.75) is 32.1 Å². The summed E-state index contributed by atoms with van der Waals surface area (Å²) in [7, 11) is 0. The van der Waals surface area contributed by atoms with E-state index >= 15 is 0 Å². The van der Waals surface area contributed by atoms with E-state index in [1.807, 2.05) is 18.2 Å². The number of halogens is 1. The minimum absolute atomic E-state index is 0.180. The molecule has 1 heterocycles. The SMILES string of the molecule is Fc1ccc(CCOCCCN2CCC(Cc3c[c]ccc3)CC2)cc1. The van der Waals surface area contributed by atoms with Gasteiger partial charge >= 0.3 is 0 Å². The summed E-state index contributed by atoms with van der Waals surface area (Å²) in [5.41, 5.74) is 2.55. The van der Waals surface area contributed by atoms with Crippen molar-refractivity contribution in [3.63, 3.8) is 0 Å². The van der Waals surface area contributed by atoms with E-state index in [9.17, 15) is 4.39 Å². The molecule has 0 saturated carbocycles. The number of piperidine rings is 1. The number of rotatable bonds is 9. The second-order valence-corrected chi connectivity index (χ2v) is 7.24. The quantitative estimate of drug-likeness (QED) is 0.614. The van der Waals surface area contributed by atoms with Crippen molar-refractivity contribution in [1.82, 2.24) is 4.90 Å². The van der Waals surface area contributed by atoms with Gasteiger partial charge in [-0.2, -0.15) is 0 Å². The molecule has 0 atom stereocenters. The molecule has 0 unspecified atom stereocenters. The van der Waals surface area contributed by atoms with Crippen molar-refractivity contribution in [3.8, 4) is 0 Å². The highest BCUT2D eigenvalue weighted by atomic mass is 19.1. The molecule has 139 valence electrons. The van der Waals surface area contributed by atoms with Crippen molar-refractivity contribution in [2.75, 3.05) is 32.8 Å². The Morgan fingerprint density at radius 1 is 1.04 bits per heavy atom. The zero-order valence-corrected chi connectivity index (χ0v) is 15.5. The zero-order chi connectivity index (χ0) is 18.0. The van der Waals surface area contributed by atoms with Gasteiger partial charge in [0.1, 0.15) is 5.82 Å². The van der Waals surface area contributed by atoms with Crippen LogP contribution in [0.25, 0.3) is 0 Å². The van der Waals surface area contributed by atoms with Gasteiger partial charge < -0.3 is 9.64 Å². The van der Waals surface area contributed by atoms with Gasteiger partial charge in [0.25, 0.3) is 0 Å². The molecule has 2 nitrogen and oxygen atoms in total. The molecule has 0 amide bonds. The number of nitrogens with zero attached hydrogens (tertiary/aromatic N) is 1. The maximum absolute atomic E-state index is 12.8. The van der Waals surface area contributed by atoms with Gasteiger partial charge in [0.2, 0.25) is 0 Å². The Balaban J connectivity index is 1.22. The van der Waals surface area contributed by atoms with Gasteiger partial charge in [0.05, 0.1) is 6.61 Å². The average Bonchev–Trinajstić information content (AvgIpc) is 2.68. The summed E-state index contributed by atoms with van der Waals surface area (Å²) in [6, 6.07) is 18.2. The number of benzene rings is 2. The zero-order valence-electron chi connectivity index (χ0n) is 15.5. The summed E-state index contributed by atoms with van der Waals surface area (Å²) < 4.78 is 18.6. The highest BCUT2D eigenvalue weighted by Gasteiger charge is 2.18. The monoisotopic (exact) mass is 354 g/mol. The van der Waals surface area contributed by atoms with E-state index in [0.717, 1.165) is 37.5 Å². The minimum Gasteiger partial charge on any atom is -0.381 e. The van der Waals surface area contributed by atoms with Gasteiger partial charge in [-0.1, -0.05) is 36.4 Å². The Bertz CT molecular complexity index is 620. The molecule has 0 aliphatic carbocycles. The van der Waals surface area contributed by atoms with Gasteiger partial charge in [0.15, 0.2) is 0 Å². The van der Waals surface area contributed by atoms with E-state index in [1.165, 1.54) is 50.0 Å². The molecule has 1 saturated heterocycles. The van der Waals surface area contributed by atoms with Crippen LogP contribution in [0.1, 0.15) is 30.4 Å². The maximum atomic E-state index is 12.8. The normalized spacial score (nSPS) is 16.0. The smallest absolute Gasteiger partial charge is 0.123 e. The summed E-state index contributed by atoms with van der Waals surface area (Å²) in [4.78, 5) is 2.57. The van der Waals surface area contributed by atoms with Crippen LogP contribution in [0.3, 0.4) is 0 Å². The fraction of sp³-hybridized carbons (Fsp3) is 0.478. The lowest BCUT2D eigenvalue weighted by atomic mass is 9.90. The number of ether oxygens (including phenoxy) is 1. The predicted octanol–water partition coefficient (Wildman–Crippen LogP) is 4.53. The first-order chi connectivity index (χ1) is 12.8. The van der Waals surface area contributed by atoms with Crippen molar-refractivity contribution in [3.05, 3.63) is 71.5 Å². The van der Waals surface area contributed by atoms with Crippen LogP contribution in [0.4, 0.5) is 4.39 Å². The van der Waals surface area contributed by atoms with Crippen LogP contribution in [-0.4, -0.2) is 37.7 Å². The van der Waals surface area contributed by atoms with Gasteiger partial charge in [-0.3, -0.25) is 0 Å². The molecule has 0 bridgehead atoms. The minimum atomic E-state index is -0.180. The van der Waals surface area contributed by atoms with Crippen LogP contribution < -0.4 is 0 Å². The van der Waals surface area contributed by atoms with Crippen molar-refractivity contribution >= 4 is 0 Å². The Hall–Kier alpha value is -1.71. The molecule has 2 aromatic carbocycles. The van der Waals surface area contributed by atoms with Crippen molar-refractivity contribution in [1.29, 1.82) is 0 Å². The Kier molecular flexibility index (Phi) is 7.66. The highest BCUT2D eigenvalue weighted by Crippen LogP contribution is 2.21. The van der Waals surface area contributed by atoms with Crippen LogP contribution in [0.2, 0.25) is 0 Å². The summed E-state index contributed by atoms with van der Waals surface area (Å²) >= 11 is 0. The lowest BCUT2D eigenvalue weighted by molar-refractivity contribution is 0.113. The number of hydrogen-bond acceptors (Lipinski definition) is 2. The predicted molar refractivity (Wildman–Crippen MR) is 104 cm³/mol. The summed E-state index contributed by atoms with van der Waals surface area (Å²) in [5, 5.41) is 0. The third-order valence-corrected chi connectivity index (χ3v) is 5.21. The second-order valence-electron chi connectivity index (χ2n) is 7.24. The van der Waals surface area contributed by atoms with E-state index in [2.05, 4.69) is 29.2 Å². The number of hydrogen-bond donors (Lipinski definition) is 0. The second kappa shape index (κ2) is 10.4. The van der Waals surface area contributed by atoms with Crippen LogP contribution in [0.5, 0.6) is 0 Å². The van der Waals surface area contributed by atoms with Gasteiger partial charge in [-0.25, -0.2) is 4.39 Å². The molecule has 1 fully saturated rings. The van der Waals surface area contributed by atoms with Crippen molar-refractivity contribution in [2.24, 2.45) is 5.92 Å². The molecule has 2 aromatic rings. The maximum Gasteiger partial charge on any atom is 0.123 e. The van der Waals surface area contributed by atoms with Gasteiger partial charge in [-0.05, 0) is 80.4 Å². The van der Waals surface area contributed by atoms with Crippen molar-refractivity contribution < 1.29 is 9.13 Å². The third kappa shape index (κ3) is 6.54. The molecular weight excluding hydrogens is 325 g/mol. The van der Waals surface area contributed by atoms with Crippen LogP contribution in [0, 0.1) is 17.8 Å². The van der Waals surface area contributed by atoms with E-state index in [1.54, 1.807) is 0 Å². The lowest BCUT2D eigenvalue weighted by Gasteiger charge is -2.32. The highest BCUT2D eigenvalue weighted by molar-refractivity contribution is 5.16. The fourth-order valence-electron chi connectivity index (χ4n) is 3.64. The molecule has 1 aliphatic rings. The van der Waals surface area contributed by atoms with Crippen LogP contribution in [0.15, 0.2) is 48.5 Å². The van der Waals surface area contributed by atoms with Crippen LogP contribution in [-0.2, 0) is 17.6 Å². The summed E-state index contributed by atoms with van der Waals surface area (Å²) in [5.74, 6) is 0.634. The molecule has 0 N–H and O–H groups in total. The number of likely N-dealkylation sites (tertiary alicyclic amines) is 1. The standard InChI is InChI=1S/C23H29FNO/c24-23-9-7-20(8-10-23)13-18-26-17-4-14-25-15-11-22(12-16-25)19-21-5-2-1-3-6-21/h1-2,5-10,22H,4,11-19H2. The Morgan fingerprint density at radius 2 is 1.85 bits per heavy atom. The van der Waals surface area contributed by atoms with Gasteiger partial charge in [0, 0.05) is 13.2 Å². The first kappa shape index (κ1) is 19.1. The molecule has 3 heteroatoms. The van der Waals surface area contributed by atoms with E-state index in [-0.39, 0.29) is 5.82 Å². The Morgan fingerprint density at radius 3 is 2.58 bits per heavy atom. The topological polar surface area (TPSA) is 12.5 Å². The van der Waals surface area contributed by atoms with Crippen LogP contribution >= 0.6 is 0 Å². The molecule has 26 heavy (non-hydrogen) atoms. The first-order valence-electron chi connectivity index (χ1n) is 9.79. The summed E-state index contributed by atoms with van der Waals surface area (Å²) in [6.07, 6.45) is 5.71. The Labute approximate surface area is 157 Å². The van der Waals surface area contributed by atoms with E-state index in [0.29, 0.717) is 6.61 Å². The van der Waals surface area contributed by atoms with E-state index in [4.69, 9.17) is 4.74 Å². The average molecular weight is 354 g/mol. The molecule has 0 aromatic heterocycles. The third-order valence-electron chi connectivity index (χ3n) is 5.21. The lowest BCUT2D eigenvalue weighted by Crippen LogP contribution is -2.35. The van der Waals surface area contributed by atoms with Gasteiger partial charge in [-0.15, -0.1) is 0 Å². The molecule has 1 radical (unpaired) electrons. The molecule has 1 aliphatic heterocycles. The largest absolute Gasteiger partial charge is 0.381 e. The first-order valence-corrected chi connectivity index (χ1v) is 9.79.